The van der Waals surface area contributed by atoms with E-state index in [1.807, 2.05) is 6.07 Å². The van der Waals surface area contributed by atoms with Gasteiger partial charge in [-0.2, -0.15) is 0 Å². The second-order valence-electron chi connectivity index (χ2n) is 5.06. The predicted octanol–water partition coefficient (Wildman–Crippen LogP) is 4.70. The van der Waals surface area contributed by atoms with E-state index in [0.717, 1.165) is 28.8 Å². The largest absolute Gasteiger partial charge is 0.463 e. The Labute approximate surface area is 122 Å². The molecule has 0 aliphatic heterocycles. The molecule has 0 saturated heterocycles. The van der Waals surface area contributed by atoms with Crippen molar-refractivity contribution in [2.45, 2.75) is 32.2 Å². The fraction of sp³-hybridized carbons (Fsp3) is 0.375. The van der Waals surface area contributed by atoms with Gasteiger partial charge in [-0.1, -0.05) is 19.1 Å². The number of hydrogen-bond donors (Lipinski definition) is 1. The lowest BCUT2D eigenvalue weighted by atomic mass is 10.0. The average molecular weight is 320 g/mol. The lowest BCUT2D eigenvalue weighted by Crippen LogP contribution is -2.19. The Kier molecular flexibility index (Phi) is 3.76. The first-order chi connectivity index (χ1) is 9.29. The van der Waals surface area contributed by atoms with Crippen LogP contribution in [0.5, 0.6) is 0 Å². The van der Waals surface area contributed by atoms with E-state index in [9.17, 15) is 0 Å². The first kappa shape index (κ1) is 12.9. The van der Waals surface area contributed by atoms with E-state index >= 15 is 0 Å². The Balaban J connectivity index is 1.88. The molecule has 0 fully saturated rings. The summed E-state index contributed by atoms with van der Waals surface area (Å²) in [6.07, 6.45) is 5.27. The molecule has 1 aromatic heterocycles. The summed E-state index contributed by atoms with van der Waals surface area (Å²) in [5.74, 6) is 0.924. The van der Waals surface area contributed by atoms with E-state index in [1.165, 1.54) is 24.0 Å². The van der Waals surface area contributed by atoms with E-state index in [-0.39, 0.29) is 0 Å². The molecule has 1 aliphatic carbocycles. The van der Waals surface area contributed by atoms with Gasteiger partial charge in [0.2, 0.25) is 0 Å². The smallest absolute Gasteiger partial charge is 0.148 e. The van der Waals surface area contributed by atoms with Gasteiger partial charge in [-0.05, 0) is 65.0 Å². The molecule has 100 valence electrons. The fourth-order valence-corrected chi connectivity index (χ4v) is 3.22. The van der Waals surface area contributed by atoms with Gasteiger partial charge in [-0.3, -0.25) is 0 Å². The molecule has 1 aliphatic rings. The summed E-state index contributed by atoms with van der Waals surface area (Å²) >= 11 is 3.52. The van der Waals surface area contributed by atoms with Crippen molar-refractivity contribution >= 4 is 15.9 Å². The third kappa shape index (κ3) is 2.49. The van der Waals surface area contributed by atoms with Gasteiger partial charge >= 0.3 is 0 Å². The number of furan rings is 1. The van der Waals surface area contributed by atoms with Crippen molar-refractivity contribution in [3.8, 4) is 11.3 Å². The Bertz CT molecular complexity index is 576. The molecule has 1 N–H and O–H groups in total. The summed E-state index contributed by atoms with van der Waals surface area (Å²) in [6.45, 7) is 3.30. The number of aryl methyl sites for hydroxylation is 1. The molecule has 0 radical (unpaired) electrons. The Morgan fingerprint density at radius 1 is 1.37 bits per heavy atom. The highest BCUT2D eigenvalue weighted by Gasteiger charge is 2.22. The van der Waals surface area contributed by atoms with Gasteiger partial charge in [0.05, 0.1) is 10.7 Å². The van der Waals surface area contributed by atoms with E-state index in [0.29, 0.717) is 6.04 Å². The van der Waals surface area contributed by atoms with Crippen LogP contribution in [0.15, 0.2) is 39.4 Å². The lowest BCUT2D eigenvalue weighted by molar-refractivity contribution is 0.529. The molecule has 2 nitrogen and oxygen atoms in total. The molecule has 3 rings (SSSR count). The van der Waals surface area contributed by atoms with Gasteiger partial charge in [0, 0.05) is 11.6 Å². The third-order valence-corrected chi connectivity index (χ3v) is 4.37. The Morgan fingerprint density at radius 3 is 3.00 bits per heavy atom. The monoisotopic (exact) mass is 319 g/mol. The molecule has 1 aromatic carbocycles. The fourth-order valence-electron chi connectivity index (χ4n) is 2.79. The second kappa shape index (κ2) is 5.51. The van der Waals surface area contributed by atoms with Crippen LogP contribution in [0.1, 0.15) is 36.9 Å². The molecule has 1 atom stereocenters. The van der Waals surface area contributed by atoms with Crippen LogP contribution in [-0.4, -0.2) is 6.54 Å². The number of fused-ring (bicyclic) bond motifs is 1. The van der Waals surface area contributed by atoms with Crippen LogP contribution in [0.4, 0.5) is 0 Å². The van der Waals surface area contributed by atoms with Crippen molar-refractivity contribution in [2.24, 2.45) is 0 Å². The molecular formula is C16H18BrNO. The van der Waals surface area contributed by atoms with Gasteiger partial charge in [-0.15, -0.1) is 0 Å². The highest BCUT2D eigenvalue weighted by Crippen LogP contribution is 2.36. The quantitative estimate of drug-likeness (QED) is 0.883. The van der Waals surface area contributed by atoms with Crippen LogP contribution in [-0.2, 0) is 6.42 Å². The molecule has 0 saturated carbocycles. The zero-order valence-electron chi connectivity index (χ0n) is 11.1. The van der Waals surface area contributed by atoms with Crippen LogP contribution in [0.3, 0.4) is 0 Å². The highest BCUT2D eigenvalue weighted by atomic mass is 79.9. The minimum atomic E-state index is 0.532. The van der Waals surface area contributed by atoms with Gasteiger partial charge < -0.3 is 9.73 Å². The van der Waals surface area contributed by atoms with Gasteiger partial charge in [0.1, 0.15) is 5.76 Å². The predicted molar refractivity (Wildman–Crippen MR) is 81.2 cm³/mol. The number of rotatable bonds is 4. The Morgan fingerprint density at radius 2 is 2.26 bits per heavy atom. The number of hydrogen-bond acceptors (Lipinski definition) is 2. The maximum absolute atomic E-state index is 5.54. The minimum absolute atomic E-state index is 0.532. The zero-order chi connectivity index (χ0) is 13.2. The molecule has 0 bridgehead atoms. The summed E-state index contributed by atoms with van der Waals surface area (Å²) < 4.78 is 6.56. The lowest BCUT2D eigenvalue weighted by Gasteiger charge is -2.13. The molecule has 0 amide bonds. The first-order valence-corrected chi connectivity index (χ1v) is 7.68. The summed E-state index contributed by atoms with van der Waals surface area (Å²) in [5, 5.41) is 3.62. The molecule has 1 heterocycles. The SMILES string of the molecule is CCCNC1CCc2cc(-c3occc3Br)ccc21. The van der Waals surface area contributed by atoms with Crippen LogP contribution >= 0.6 is 15.9 Å². The molecule has 3 heteroatoms. The van der Waals surface area contributed by atoms with Crippen LogP contribution in [0, 0.1) is 0 Å². The maximum atomic E-state index is 5.54. The normalized spacial score (nSPS) is 17.7. The van der Waals surface area contributed by atoms with Gasteiger partial charge in [-0.25, -0.2) is 0 Å². The van der Waals surface area contributed by atoms with Crippen LogP contribution in [0.25, 0.3) is 11.3 Å². The van der Waals surface area contributed by atoms with Crippen molar-refractivity contribution in [3.05, 3.63) is 46.1 Å². The minimum Gasteiger partial charge on any atom is -0.463 e. The van der Waals surface area contributed by atoms with E-state index in [4.69, 9.17) is 4.42 Å². The van der Waals surface area contributed by atoms with E-state index in [2.05, 4.69) is 46.4 Å². The molecule has 1 unspecified atom stereocenters. The molecule has 0 spiro atoms. The summed E-state index contributed by atoms with van der Waals surface area (Å²) in [6, 6.07) is 9.15. The zero-order valence-corrected chi connectivity index (χ0v) is 12.7. The molecular weight excluding hydrogens is 302 g/mol. The highest BCUT2D eigenvalue weighted by molar-refractivity contribution is 9.10. The maximum Gasteiger partial charge on any atom is 0.148 e. The molecule has 2 aromatic rings. The summed E-state index contributed by atoms with van der Waals surface area (Å²) in [4.78, 5) is 0. The summed E-state index contributed by atoms with van der Waals surface area (Å²) in [7, 11) is 0. The van der Waals surface area contributed by atoms with E-state index < -0.39 is 0 Å². The van der Waals surface area contributed by atoms with Crippen molar-refractivity contribution in [1.82, 2.24) is 5.32 Å². The summed E-state index contributed by atoms with van der Waals surface area (Å²) in [5.41, 5.74) is 4.07. The van der Waals surface area contributed by atoms with Gasteiger partial charge in [0.15, 0.2) is 0 Å². The standard InChI is InChI=1S/C16H18BrNO/c1-2-8-18-15-6-4-11-10-12(3-5-13(11)15)16-14(17)7-9-19-16/h3,5,7,9-10,15,18H,2,4,6,8H2,1H3. The number of benzene rings is 1. The van der Waals surface area contributed by atoms with Crippen molar-refractivity contribution < 1.29 is 4.42 Å². The first-order valence-electron chi connectivity index (χ1n) is 6.89. The van der Waals surface area contributed by atoms with Crippen LogP contribution in [0.2, 0.25) is 0 Å². The number of nitrogens with one attached hydrogen (secondary N) is 1. The van der Waals surface area contributed by atoms with Gasteiger partial charge in [0.25, 0.3) is 0 Å². The number of halogens is 1. The Hall–Kier alpha value is -1.06. The second-order valence-corrected chi connectivity index (χ2v) is 5.91. The van der Waals surface area contributed by atoms with E-state index in [1.54, 1.807) is 6.26 Å². The average Bonchev–Trinajstić information content (AvgIpc) is 3.02. The van der Waals surface area contributed by atoms with Crippen molar-refractivity contribution in [2.75, 3.05) is 6.54 Å². The molecule has 19 heavy (non-hydrogen) atoms. The van der Waals surface area contributed by atoms with Crippen molar-refractivity contribution in [1.29, 1.82) is 0 Å². The topological polar surface area (TPSA) is 25.2 Å². The van der Waals surface area contributed by atoms with Crippen LogP contribution < -0.4 is 5.32 Å². The van der Waals surface area contributed by atoms with Crippen molar-refractivity contribution in [3.63, 3.8) is 0 Å². The third-order valence-electron chi connectivity index (χ3n) is 3.74.